The highest BCUT2D eigenvalue weighted by atomic mass is 32.2. The highest BCUT2D eigenvalue weighted by Crippen LogP contribution is 2.25. The van der Waals surface area contributed by atoms with E-state index in [-0.39, 0.29) is 5.91 Å². The Labute approximate surface area is 235 Å². The number of piperazine rings is 1. The zero-order chi connectivity index (χ0) is 28.5. The first-order valence-electron chi connectivity index (χ1n) is 13.3. The van der Waals surface area contributed by atoms with E-state index in [0.29, 0.717) is 23.7 Å². The van der Waals surface area contributed by atoms with Gasteiger partial charge in [-0.05, 0) is 69.8 Å². The molecule has 40 heavy (non-hydrogen) atoms. The van der Waals surface area contributed by atoms with Gasteiger partial charge in [0.1, 0.15) is 5.65 Å². The molecule has 0 saturated carbocycles. The van der Waals surface area contributed by atoms with Crippen molar-refractivity contribution in [1.29, 1.82) is 0 Å². The van der Waals surface area contributed by atoms with E-state index in [1.165, 1.54) is 0 Å². The molecular formula is C29H35N7O3S. The topological polar surface area (TPSA) is 112 Å². The molecule has 0 bridgehead atoms. The lowest BCUT2D eigenvalue weighted by Crippen LogP contribution is -2.47. The van der Waals surface area contributed by atoms with Gasteiger partial charge in [-0.1, -0.05) is 18.2 Å². The summed E-state index contributed by atoms with van der Waals surface area (Å²) in [5, 5.41) is 4.10. The molecule has 1 aliphatic rings. The van der Waals surface area contributed by atoms with Gasteiger partial charge in [0.05, 0.1) is 16.9 Å². The lowest BCUT2D eigenvalue weighted by Gasteiger charge is -2.32. The van der Waals surface area contributed by atoms with Crippen LogP contribution in [0.4, 0.5) is 17.3 Å². The van der Waals surface area contributed by atoms with Crippen molar-refractivity contribution in [2.45, 2.75) is 31.9 Å². The fraction of sp³-hybridized carbons (Fsp3) is 0.345. The van der Waals surface area contributed by atoms with Gasteiger partial charge in [-0.3, -0.25) is 9.52 Å². The summed E-state index contributed by atoms with van der Waals surface area (Å²) in [5.74, 6) is 0.580. The molecule has 2 aromatic carbocycles. The second-order valence-electron chi connectivity index (χ2n) is 11.1. The van der Waals surface area contributed by atoms with E-state index in [9.17, 15) is 13.2 Å². The third-order valence-corrected chi connectivity index (χ3v) is 9.15. The summed E-state index contributed by atoms with van der Waals surface area (Å²) in [4.78, 5) is 26.0. The molecular weight excluding hydrogens is 526 g/mol. The van der Waals surface area contributed by atoms with Crippen molar-refractivity contribution in [3.63, 3.8) is 0 Å². The van der Waals surface area contributed by atoms with Crippen LogP contribution < -0.4 is 10.0 Å². The van der Waals surface area contributed by atoms with Gasteiger partial charge < -0.3 is 19.7 Å². The van der Waals surface area contributed by atoms with E-state index in [1.54, 1.807) is 45.2 Å². The molecule has 0 spiro atoms. The number of anilines is 3. The molecule has 1 amide bonds. The molecule has 0 unspecified atom stereocenters. The molecule has 11 heteroatoms. The number of hydrogen-bond donors (Lipinski definition) is 2. The van der Waals surface area contributed by atoms with E-state index in [0.717, 1.165) is 48.5 Å². The quantitative estimate of drug-likeness (QED) is 0.351. The SMILES string of the molecule is CN1CCN(C(=O)Cc2ccc(Nc3ncc4ccn(-c5cccc(NS(=O)(=O)C(C)(C)C)c5)c4n3)cc2)CC1. The summed E-state index contributed by atoms with van der Waals surface area (Å²) >= 11 is 0. The van der Waals surface area contributed by atoms with E-state index in [4.69, 9.17) is 4.98 Å². The second-order valence-corrected chi connectivity index (χ2v) is 13.5. The van der Waals surface area contributed by atoms with Gasteiger partial charge in [-0.2, -0.15) is 4.98 Å². The third kappa shape index (κ3) is 6.10. The first-order valence-corrected chi connectivity index (χ1v) is 14.8. The number of hydrogen-bond acceptors (Lipinski definition) is 7. The van der Waals surface area contributed by atoms with Crippen molar-refractivity contribution in [3.05, 3.63) is 72.6 Å². The Morgan fingerprint density at radius 1 is 0.975 bits per heavy atom. The normalized spacial score (nSPS) is 14.8. The Bertz CT molecular complexity index is 1620. The fourth-order valence-electron chi connectivity index (χ4n) is 4.39. The lowest BCUT2D eigenvalue weighted by molar-refractivity contribution is -0.132. The number of nitrogens with zero attached hydrogens (tertiary/aromatic N) is 5. The summed E-state index contributed by atoms with van der Waals surface area (Å²) in [6.07, 6.45) is 4.01. The maximum atomic E-state index is 12.7. The van der Waals surface area contributed by atoms with Gasteiger partial charge in [0, 0.05) is 55.3 Å². The summed E-state index contributed by atoms with van der Waals surface area (Å²) in [7, 11) is -1.48. The molecule has 4 aromatic rings. The predicted octanol–water partition coefficient (Wildman–Crippen LogP) is 4.02. The van der Waals surface area contributed by atoms with Gasteiger partial charge in [0.2, 0.25) is 21.9 Å². The molecule has 1 aliphatic heterocycles. The molecule has 10 nitrogen and oxygen atoms in total. The van der Waals surface area contributed by atoms with Crippen molar-refractivity contribution in [1.82, 2.24) is 24.3 Å². The molecule has 1 fully saturated rings. The van der Waals surface area contributed by atoms with Crippen LogP contribution in [0.1, 0.15) is 26.3 Å². The number of rotatable bonds is 7. The number of sulfonamides is 1. The summed E-state index contributed by atoms with van der Waals surface area (Å²) in [5.41, 5.74) is 3.70. The molecule has 3 heterocycles. The number of aromatic nitrogens is 3. The van der Waals surface area contributed by atoms with E-state index in [1.807, 2.05) is 52.1 Å². The van der Waals surface area contributed by atoms with Crippen molar-refractivity contribution in [2.75, 3.05) is 43.3 Å². The Morgan fingerprint density at radius 3 is 2.40 bits per heavy atom. The van der Waals surface area contributed by atoms with Crippen LogP contribution in [0.25, 0.3) is 16.7 Å². The van der Waals surface area contributed by atoms with Gasteiger partial charge in [0.15, 0.2) is 0 Å². The van der Waals surface area contributed by atoms with Gasteiger partial charge in [-0.25, -0.2) is 13.4 Å². The van der Waals surface area contributed by atoms with Crippen LogP contribution in [0.15, 0.2) is 67.0 Å². The standard InChI is InChI=1S/C29H35N7O3S/c1-29(2,3)40(38,39)33-24-6-5-7-25(19-24)36-13-12-22-20-30-28(32-27(22)36)31-23-10-8-21(9-11-23)18-26(37)35-16-14-34(4)15-17-35/h5-13,19-20,33H,14-18H2,1-4H3,(H,30,31,32). The highest BCUT2D eigenvalue weighted by molar-refractivity contribution is 7.94. The van der Waals surface area contributed by atoms with Crippen LogP contribution in [-0.2, 0) is 21.2 Å². The van der Waals surface area contributed by atoms with E-state index in [2.05, 4.69) is 27.0 Å². The molecule has 1 saturated heterocycles. The number of carbonyl (C=O) groups excluding carboxylic acids is 1. The van der Waals surface area contributed by atoms with Crippen molar-refractivity contribution >= 4 is 44.3 Å². The van der Waals surface area contributed by atoms with Crippen LogP contribution in [0, 0.1) is 0 Å². The maximum Gasteiger partial charge on any atom is 0.237 e. The number of benzene rings is 2. The fourth-order valence-corrected chi connectivity index (χ4v) is 5.13. The molecule has 2 aromatic heterocycles. The van der Waals surface area contributed by atoms with Gasteiger partial charge in [0.25, 0.3) is 0 Å². The lowest BCUT2D eigenvalue weighted by atomic mass is 10.1. The van der Waals surface area contributed by atoms with Crippen LogP contribution in [0.3, 0.4) is 0 Å². The van der Waals surface area contributed by atoms with Crippen LogP contribution in [0.2, 0.25) is 0 Å². The first kappa shape index (κ1) is 27.6. The summed E-state index contributed by atoms with van der Waals surface area (Å²) < 4.78 is 28.9. The molecule has 0 radical (unpaired) electrons. The van der Waals surface area contributed by atoms with Gasteiger partial charge in [-0.15, -0.1) is 0 Å². The number of fused-ring (bicyclic) bond motifs is 1. The van der Waals surface area contributed by atoms with Gasteiger partial charge >= 0.3 is 0 Å². The van der Waals surface area contributed by atoms with E-state index < -0.39 is 14.8 Å². The Balaban J connectivity index is 1.30. The molecule has 5 rings (SSSR count). The van der Waals surface area contributed by atoms with Crippen molar-refractivity contribution in [3.8, 4) is 5.69 Å². The zero-order valence-electron chi connectivity index (χ0n) is 23.3. The van der Waals surface area contributed by atoms with Crippen LogP contribution in [0.5, 0.6) is 0 Å². The average Bonchev–Trinajstić information content (AvgIpc) is 3.33. The summed E-state index contributed by atoms with van der Waals surface area (Å²) in [6, 6.07) is 16.8. The molecule has 2 N–H and O–H groups in total. The zero-order valence-corrected chi connectivity index (χ0v) is 24.1. The minimum atomic E-state index is -3.56. The average molecular weight is 562 g/mol. The summed E-state index contributed by atoms with van der Waals surface area (Å²) in [6.45, 7) is 8.33. The minimum absolute atomic E-state index is 0.152. The molecule has 0 aliphatic carbocycles. The van der Waals surface area contributed by atoms with Crippen molar-refractivity contribution < 1.29 is 13.2 Å². The smallest absolute Gasteiger partial charge is 0.237 e. The first-order chi connectivity index (χ1) is 19.0. The maximum absolute atomic E-state index is 12.7. The number of nitrogens with one attached hydrogen (secondary N) is 2. The second kappa shape index (κ2) is 10.9. The van der Waals surface area contributed by atoms with Crippen LogP contribution in [-0.4, -0.2) is 76.6 Å². The Morgan fingerprint density at radius 2 is 1.70 bits per heavy atom. The number of likely N-dealkylation sites (N-methyl/N-ethyl adjacent to an activating group) is 1. The minimum Gasteiger partial charge on any atom is -0.340 e. The Hall–Kier alpha value is -3.96. The third-order valence-electron chi connectivity index (χ3n) is 7.03. The molecule has 0 atom stereocenters. The number of carbonyl (C=O) groups is 1. The largest absolute Gasteiger partial charge is 0.340 e. The number of amides is 1. The monoisotopic (exact) mass is 561 g/mol. The molecule has 210 valence electrons. The Kier molecular flexibility index (Phi) is 7.52. The van der Waals surface area contributed by atoms with E-state index >= 15 is 0 Å². The van der Waals surface area contributed by atoms with Crippen LogP contribution >= 0.6 is 0 Å². The predicted molar refractivity (Wildman–Crippen MR) is 159 cm³/mol. The highest BCUT2D eigenvalue weighted by Gasteiger charge is 2.29. The van der Waals surface area contributed by atoms with Crippen molar-refractivity contribution in [2.24, 2.45) is 0 Å².